The molecule has 0 bridgehead atoms. The third-order valence-electron chi connectivity index (χ3n) is 4.02. The molecular weight excluding hydrogens is 380 g/mol. The molecule has 10 heteroatoms. The normalized spacial score (nSPS) is 10.8. The van der Waals surface area contributed by atoms with E-state index in [4.69, 9.17) is 4.42 Å². The smallest absolute Gasteiger partial charge is 0.273 e. The van der Waals surface area contributed by atoms with Gasteiger partial charge in [-0.25, -0.2) is 5.43 Å². The van der Waals surface area contributed by atoms with E-state index in [-0.39, 0.29) is 16.9 Å². The summed E-state index contributed by atoms with van der Waals surface area (Å²) in [5, 5.41) is 25.4. The molecule has 29 heavy (non-hydrogen) atoms. The van der Waals surface area contributed by atoms with Crippen molar-refractivity contribution < 1.29 is 19.1 Å². The van der Waals surface area contributed by atoms with Crippen molar-refractivity contribution in [1.29, 1.82) is 0 Å². The fraction of sp³-hybridized carbons (Fsp3) is 0.0526. The molecule has 1 N–H and O–H groups in total. The number of benzene rings is 2. The van der Waals surface area contributed by atoms with Crippen LogP contribution in [0.2, 0.25) is 0 Å². The van der Waals surface area contributed by atoms with Crippen LogP contribution in [0.5, 0.6) is 0 Å². The molecule has 0 fully saturated rings. The van der Waals surface area contributed by atoms with E-state index in [0.29, 0.717) is 22.6 Å². The van der Waals surface area contributed by atoms with Crippen LogP contribution in [0.25, 0.3) is 11.3 Å². The second-order valence-corrected chi connectivity index (χ2v) is 5.96. The summed E-state index contributed by atoms with van der Waals surface area (Å²) in [4.78, 5) is 32.7. The summed E-state index contributed by atoms with van der Waals surface area (Å²) >= 11 is 0. The van der Waals surface area contributed by atoms with Gasteiger partial charge in [-0.05, 0) is 37.3 Å². The number of aryl methyl sites for hydroxylation is 1. The lowest BCUT2D eigenvalue weighted by Crippen LogP contribution is -2.17. The molecule has 3 aromatic rings. The summed E-state index contributed by atoms with van der Waals surface area (Å²) in [5.41, 5.74) is 3.29. The third kappa shape index (κ3) is 4.50. The lowest BCUT2D eigenvalue weighted by Gasteiger charge is -2.01. The van der Waals surface area contributed by atoms with Crippen molar-refractivity contribution in [2.24, 2.45) is 5.10 Å². The number of nitrogens with one attached hydrogen (secondary N) is 1. The monoisotopic (exact) mass is 394 g/mol. The highest BCUT2D eigenvalue weighted by Gasteiger charge is 2.14. The lowest BCUT2D eigenvalue weighted by atomic mass is 10.1. The first-order valence-electron chi connectivity index (χ1n) is 8.28. The number of carbonyl (C=O) groups excluding carboxylic acids is 1. The van der Waals surface area contributed by atoms with Gasteiger partial charge >= 0.3 is 0 Å². The number of carbonyl (C=O) groups is 1. The molecule has 0 aliphatic heterocycles. The van der Waals surface area contributed by atoms with Crippen molar-refractivity contribution in [2.75, 3.05) is 0 Å². The molecule has 1 aromatic heterocycles. The largest absolute Gasteiger partial charge is 0.455 e. The second-order valence-electron chi connectivity index (χ2n) is 5.96. The maximum Gasteiger partial charge on any atom is 0.273 e. The molecule has 0 aliphatic carbocycles. The van der Waals surface area contributed by atoms with Crippen molar-refractivity contribution in [3.8, 4) is 11.3 Å². The van der Waals surface area contributed by atoms with Crippen LogP contribution in [-0.4, -0.2) is 22.0 Å². The molecule has 0 atom stereocenters. The Balaban J connectivity index is 1.67. The van der Waals surface area contributed by atoms with E-state index >= 15 is 0 Å². The molecule has 2 aromatic carbocycles. The van der Waals surface area contributed by atoms with Gasteiger partial charge in [0.2, 0.25) is 0 Å². The average Bonchev–Trinajstić information content (AvgIpc) is 3.17. The van der Waals surface area contributed by atoms with Gasteiger partial charge in [-0.1, -0.05) is 6.07 Å². The molecule has 0 saturated heterocycles. The topological polar surface area (TPSA) is 141 Å². The average molecular weight is 394 g/mol. The van der Waals surface area contributed by atoms with E-state index in [0.717, 1.165) is 0 Å². The van der Waals surface area contributed by atoms with Crippen LogP contribution in [0.3, 0.4) is 0 Å². The number of hydrogen-bond acceptors (Lipinski definition) is 7. The fourth-order valence-electron chi connectivity index (χ4n) is 2.49. The minimum absolute atomic E-state index is 0.0267. The Kier molecular flexibility index (Phi) is 5.44. The van der Waals surface area contributed by atoms with Crippen LogP contribution in [0.1, 0.15) is 21.7 Å². The van der Waals surface area contributed by atoms with Gasteiger partial charge < -0.3 is 4.42 Å². The van der Waals surface area contributed by atoms with Crippen LogP contribution in [0, 0.1) is 27.2 Å². The first-order chi connectivity index (χ1) is 13.8. The van der Waals surface area contributed by atoms with Gasteiger partial charge in [0.05, 0.1) is 16.1 Å². The SMILES string of the molecule is Cc1ccc(C(=O)N/N=C\c2ccc(-c3ccc([N+](=O)[O-])cc3)o2)cc1[N+](=O)[O-]. The highest BCUT2D eigenvalue weighted by molar-refractivity contribution is 5.95. The number of furan rings is 1. The predicted octanol–water partition coefficient (Wildman–Crippen LogP) is 3.84. The number of hydrazone groups is 1. The molecular formula is C19H14N4O6. The minimum Gasteiger partial charge on any atom is -0.455 e. The zero-order valence-electron chi connectivity index (χ0n) is 15.1. The van der Waals surface area contributed by atoms with Crippen LogP contribution < -0.4 is 5.43 Å². The quantitative estimate of drug-likeness (QED) is 0.382. The summed E-state index contributed by atoms with van der Waals surface area (Å²) in [5.74, 6) is 0.210. The summed E-state index contributed by atoms with van der Waals surface area (Å²) < 4.78 is 5.56. The molecule has 10 nitrogen and oxygen atoms in total. The van der Waals surface area contributed by atoms with Crippen LogP contribution in [0.15, 0.2) is 64.1 Å². The molecule has 3 rings (SSSR count). The molecule has 146 valence electrons. The summed E-state index contributed by atoms with van der Waals surface area (Å²) in [7, 11) is 0. The van der Waals surface area contributed by atoms with E-state index < -0.39 is 15.8 Å². The Morgan fingerprint density at radius 1 is 1.03 bits per heavy atom. The molecule has 0 radical (unpaired) electrons. The molecule has 0 unspecified atom stereocenters. The first kappa shape index (κ1) is 19.4. The molecule has 0 saturated carbocycles. The van der Waals surface area contributed by atoms with Crippen molar-refractivity contribution in [1.82, 2.24) is 5.43 Å². The second kappa shape index (κ2) is 8.13. The Labute approximate surface area is 163 Å². The lowest BCUT2D eigenvalue weighted by molar-refractivity contribution is -0.385. The van der Waals surface area contributed by atoms with E-state index in [1.807, 2.05) is 0 Å². The molecule has 1 amide bonds. The van der Waals surface area contributed by atoms with Crippen molar-refractivity contribution >= 4 is 23.5 Å². The molecule has 1 heterocycles. The van der Waals surface area contributed by atoms with Gasteiger partial charge in [0.1, 0.15) is 11.5 Å². The number of nitro groups is 2. The van der Waals surface area contributed by atoms with Crippen molar-refractivity contribution in [3.05, 3.63) is 91.7 Å². The maximum absolute atomic E-state index is 12.1. The van der Waals surface area contributed by atoms with Crippen molar-refractivity contribution in [2.45, 2.75) is 6.92 Å². The highest BCUT2D eigenvalue weighted by atomic mass is 16.6. The molecule has 0 spiro atoms. The van der Waals surface area contributed by atoms with Gasteiger partial charge in [0.15, 0.2) is 0 Å². The fourth-order valence-corrected chi connectivity index (χ4v) is 2.49. The first-order valence-corrected chi connectivity index (χ1v) is 8.28. The highest BCUT2D eigenvalue weighted by Crippen LogP contribution is 2.24. The van der Waals surface area contributed by atoms with Crippen LogP contribution in [0.4, 0.5) is 11.4 Å². The predicted molar refractivity (Wildman–Crippen MR) is 104 cm³/mol. The van der Waals surface area contributed by atoms with Gasteiger partial charge in [-0.3, -0.25) is 25.0 Å². The van der Waals surface area contributed by atoms with E-state index in [1.165, 1.54) is 36.5 Å². The van der Waals surface area contributed by atoms with Gasteiger partial charge in [-0.2, -0.15) is 5.10 Å². The number of non-ortho nitro benzene ring substituents is 1. The van der Waals surface area contributed by atoms with Gasteiger partial charge in [0.25, 0.3) is 17.3 Å². The standard InChI is InChI=1S/C19H14N4O6/c1-12-2-3-14(10-17(12)23(27)28)19(24)21-20-11-16-8-9-18(29-16)13-4-6-15(7-5-13)22(25)26/h2-11H,1H3,(H,21,24)/b20-11-. The number of amides is 1. The molecule has 0 aliphatic rings. The van der Waals surface area contributed by atoms with E-state index in [2.05, 4.69) is 10.5 Å². The van der Waals surface area contributed by atoms with Crippen LogP contribution >= 0.6 is 0 Å². The maximum atomic E-state index is 12.1. The summed E-state index contributed by atoms with van der Waals surface area (Å²) in [6, 6.07) is 13.3. The Morgan fingerprint density at radius 3 is 2.41 bits per heavy atom. The van der Waals surface area contributed by atoms with E-state index in [9.17, 15) is 25.0 Å². The number of nitro benzene ring substituents is 2. The number of hydrogen-bond donors (Lipinski definition) is 1. The third-order valence-corrected chi connectivity index (χ3v) is 4.02. The van der Waals surface area contributed by atoms with E-state index in [1.54, 1.807) is 31.2 Å². The number of nitrogens with zero attached hydrogens (tertiary/aromatic N) is 3. The minimum atomic E-state index is -0.605. The Morgan fingerprint density at radius 2 is 1.76 bits per heavy atom. The summed E-state index contributed by atoms with van der Waals surface area (Å²) in [6.45, 7) is 1.58. The van der Waals surface area contributed by atoms with Crippen LogP contribution in [-0.2, 0) is 0 Å². The zero-order valence-corrected chi connectivity index (χ0v) is 15.1. The van der Waals surface area contributed by atoms with Crippen molar-refractivity contribution in [3.63, 3.8) is 0 Å². The van der Waals surface area contributed by atoms with Gasteiger partial charge in [0, 0.05) is 34.9 Å². The Hall–Kier alpha value is -4.34. The number of rotatable bonds is 6. The summed E-state index contributed by atoms with van der Waals surface area (Å²) in [6.07, 6.45) is 1.27. The van der Waals surface area contributed by atoms with Gasteiger partial charge in [-0.15, -0.1) is 0 Å². The Bertz CT molecular complexity index is 1120. The zero-order chi connectivity index (χ0) is 21.0.